The number of hydrogen-bond acceptors (Lipinski definition) is 7. The molecule has 2 aromatic rings. The van der Waals surface area contributed by atoms with Crippen molar-refractivity contribution in [3.8, 4) is 0 Å². The van der Waals surface area contributed by atoms with Crippen LogP contribution >= 0.6 is 0 Å². The van der Waals surface area contributed by atoms with Gasteiger partial charge in [0.15, 0.2) is 5.78 Å². The Labute approximate surface area is 246 Å². The minimum Gasteiger partial charge on any atom is -0.481 e. The molecule has 1 saturated carbocycles. The number of ether oxygens (including phenoxy) is 1. The SMILES string of the molecule is CC(C)(C)OC(=O)N[C@@H](Cc1ccccc1)C(=O)N[C@@H](Cc1cnc[nH]1)C(=O)[C@@H](CC1CCCCC1)[C@@H](O)CC(=O)O. The monoisotopic (exact) mass is 584 g/mol. The zero-order valence-corrected chi connectivity index (χ0v) is 24.7. The van der Waals surface area contributed by atoms with Gasteiger partial charge in [0.05, 0.1) is 24.9 Å². The summed E-state index contributed by atoms with van der Waals surface area (Å²) in [7, 11) is 0. The van der Waals surface area contributed by atoms with Gasteiger partial charge in [-0.1, -0.05) is 62.4 Å². The fourth-order valence-electron chi connectivity index (χ4n) is 5.44. The summed E-state index contributed by atoms with van der Waals surface area (Å²) in [6, 6.07) is 6.96. The number of aromatic amines is 1. The highest BCUT2D eigenvalue weighted by molar-refractivity contribution is 5.94. The van der Waals surface area contributed by atoms with Crippen LogP contribution in [0, 0.1) is 11.8 Å². The number of nitrogens with zero attached hydrogens (tertiary/aromatic N) is 1. The molecule has 1 aliphatic rings. The Balaban J connectivity index is 1.87. The molecule has 0 saturated heterocycles. The summed E-state index contributed by atoms with van der Waals surface area (Å²) in [5, 5.41) is 25.7. The van der Waals surface area contributed by atoms with Gasteiger partial charge in [-0.15, -0.1) is 0 Å². The molecule has 1 heterocycles. The molecule has 230 valence electrons. The molecule has 5 N–H and O–H groups in total. The summed E-state index contributed by atoms with van der Waals surface area (Å²) < 4.78 is 5.39. The third-order valence-corrected chi connectivity index (χ3v) is 7.45. The lowest BCUT2D eigenvalue weighted by molar-refractivity contribution is -0.142. The van der Waals surface area contributed by atoms with Crippen LogP contribution in [0.5, 0.6) is 0 Å². The Morgan fingerprint density at radius 2 is 1.71 bits per heavy atom. The number of hydrogen-bond donors (Lipinski definition) is 5. The molecule has 4 atom stereocenters. The molecule has 3 rings (SSSR count). The number of aliphatic hydroxyl groups excluding tert-OH is 1. The van der Waals surface area contributed by atoms with E-state index in [4.69, 9.17) is 4.74 Å². The topological polar surface area (TPSA) is 171 Å². The van der Waals surface area contributed by atoms with Crippen LogP contribution in [0.3, 0.4) is 0 Å². The van der Waals surface area contributed by atoms with Gasteiger partial charge < -0.3 is 30.6 Å². The number of carboxylic acid groups (broad SMARTS) is 1. The first-order valence-corrected chi connectivity index (χ1v) is 14.7. The maximum atomic E-state index is 14.1. The number of aliphatic carboxylic acids is 1. The molecule has 1 aromatic heterocycles. The predicted octanol–water partition coefficient (Wildman–Crippen LogP) is 3.56. The van der Waals surface area contributed by atoms with Crippen LogP contribution < -0.4 is 10.6 Å². The molecule has 11 nitrogen and oxygen atoms in total. The minimum atomic E-state index is -1.40. The van der Waals surface area contributed by atoms with Crippen molar-refractivity contribution in [3.05, 3.63) is 54.1 Å². The van der Waals surface area contributed by atoms with Crippen molar-refractivity contribution < 1.29 is 34.1 Å². The predicted molar refractivity (Wildman–Crippen MR) is 155 cm³/mol. The molecule has 42 heavy (non-hydrogen) atoms. The second-order valence-corrected chi connectivity index (χ2v) is 12.1. The Morgan fingerprint density at radius 1 is 1.02 bits per heavy atom. The Kier molecular flexibility index (Phi) is 12.1. The maximum absolute atomic E-state index is 14.1. The molecule has 2 amide bonds. The van der Waals surface area contributed by atoms with Gasteiger partial charge >= 0.3 is 12.1 Å². The van der Waals surface area contributed by atoms with E-state index in [0.717, 1.165) is 37.7 Å². The second-order valence-electron chi connectivity index (χ2n) is 12.1. The molecule has 0 spiro atoms. The van der Waals surface area contributed by atoms with E-state index >= 15 is 0 Å². The van der Waals surface area contributed by atoms with Crippen LogP contribution in [-0.4, -0.2) is 67.7 Å². The van der Waals surface area contributed by atoms with Gasteiger partial charge in [-0.2, -0.15) is 0 Å². The first kappa shape index (κ1) is 32.8. The average molecular weight is 585 g/mol. The number of carboxylic acids is 1. The fraction of sp³-hybridized carbons (Fsp3) is 0.581. The Bertz CT molecular complexity index is 1160. The van der Waals surface area contributed by atoms with E-state index < -0.39 is 59.9 Å². The second kappa shape index (κ2) is 15.5. The van der Waals surface area contributed by atoms with Crippen LogP contribution in [0.4, 0.5) is 4.79 Å². The van der Waals surface area contributed by atoms with Crippen molar-refractivity contribution in [2.75, 3.05) is 0 Å². The van der Waals surface area contributed by atoms with Crippen molar-refractivity contribution in [3.63, 3.8) is 0 Å². The van der Waals surface area contributed by atoms with Crippen LogP contribution in [0.25, 0.3) is 0 Å². The Hall–Kier alpha value is -3.73. The number of rotatable bonds is 14. The quantitative estimate of drug-likeness (QED) is 0.224. The number of Topliss-reactive ketones (excluding diaryl/α,β-unsaturated/α-hetero) is 1. The molecule has 1 fully saturated rings. The molecule has 0 radical (unpaired) electrons. The van der Waals surface area contributed by atoms with E-state index in [2.05, 4.69) is 20.6 Å². The number of aromatic nitrogens is 2. The van der Waals surface area contributed by atoms with Crippen molar-refractivity contribution in [2.24, 2.45) is 11.8 Å². The number of imidazole rings is 1. The van der Waals surface area contributed by atoms with Crippen molar-refractivity contribution in [2.45, 2.75) is 102 Å². The zero-order valence-electron chi connectivity index (χ0n) is 24.7. The molecular weight excluding hydrogens is 540 g/mol. The van der Waals surface area contributed by atoms with Gasteiger partial charge in [0.25, 0.3) is 0 Å². The summed E-state index contributed by atoms with van der Waals surface area (Å²) in [4.78, 5) is 58.9. The summed E-state index contributed by atoms with van der Waals surface area (Å²) >= 11 is 0. The van der Waals surface area contributed by atoms with Gasteiger partial charge in [0, 0.05) is 30.7 Å². The summed E-state index contributed by atoms with van der Waals surface area (Å²) in [5.41, 5.74) is 0.582. The largest absolute Gasteiger partial charge is 0.481 e. The first-order chi connectivity index (χ1) is 19.9. The van der Waals surface area contributed by atoms with Crippen molar-refractivity contribution >= 4 is 23.8 Å². The average Bonchev–Trinajstić information content (AvgIpc) is 3.43. The molecule has 0 unspecified atom stereocenters. The van der Waals surface area contributed by atoms with Crippen LogP contribution in [0.15, 0.2) is 42.9 Å². The summed E-state index contributed by atoms with van der Waals surface area (Å²) in [5.74, 6) is -3.06. The Morgan fingerprint density at radius 3 is 2.31 bits per heavy atom. The van der Waals surface area contributed by atoms with E-state index in [9.17, 15) is 29.4 Å². The van der Waals surface area contributed by atoms with Crippen molar-refractivity contribution in [1.82, 2.24) is 20.6 Å². The van der Waals surface area contributed by atoms with E-state index in [1.165, 1.54) is 12.5 Å². The number of alkyl carbamates (subject to hydrolysis) is 1. The summed E-state index contributed by atoms with van der Waals surface area (Å²) in [6.45, 7) is 5.15. The number of H-pyrrole nitrogens is 1. The minimum absolute atomic E-state index is 0.0516. The number of amides is 2. The molecule has 11 heteroatoms. The number of aliphatic hydroxyl groups is 1. The lowest BCUT2D eigenvalue weighted by Crippen LogP contribution is -2.55. The van der Waals surface area contributed by atoms with Crippen LogP contribution in [-0.2, 0) is 32.0 Å². The van der Waals surface area contributed by atoms with Gasteiger partial charge in [0.2, 0.25) is 5.91 Å². The number of nitrogens with one attached hydrogen (secondary N) is 3. The smallest absolute Gasteiger partial charge is 0.408 e. The summed E-state index contributed by atoms with van der Waals surface area (Å²) in [6.07, 6.45) is 5.73. The number of ketones is 1. The van der Waals surface area contributed by atoms with E-state index in [1.807, 2.05) is 30.3 Å². The van der Waals surface area contributed by atoms with E-state index in [-0.39, 0.29) is 18.8 Å². The molecule has 0 bridgehead atoms. The van der Waals surface area contributed by atoms with E-state index in [1.54, 1.807) is 20.8 Å². The maximum Gasteiger partial charge on any atom is 0.408 e. The number of benzene rings is 1. The molecule has 0 aliphatic heterocycles. The third-order valence-electron chi connectivity index (χ3n) is 7.45. The number of carbonyl (C=O) groups is 4. The molecule has 1 aromatic carbocycles. The van der Waals surface area contributed by atoms with Gasteiger partial charge in [0.1, 0.15) is 11.6 Å². The van der Waals surface area contributed by atoms with E-state index in [0.29, 0.717) is 12.1 Å². The fourth-order valence-corrected chi connectivity index (χ4v) is 5.44. The number of carbonyl (C=O) groups excluding carboxylic acids is 3. The molecular formula is C31H44N4O7. The lowest BCUT2D eigenvalue weighted by Gasteiger charge is -2.31. The van der Waals surface area contributed by atoms with Crippen molar-refractivity contribution in [1.29, 1.82) is 0 Å². The standard InChI is InChI=1S/C31H44N4O7/c1-31(2,3)42-30(41)35-25(15-21-12-8-5-9-13-21)29(40)34-24(16-22-18-32-19-33-22)28(39)23(26(36)17-27(37)38)14-20-10-6-4-7-11-20/h5,8-9,12-13,18-20,23-26,36H,4,6-7,10-11,14-17H2,1-3H3,(H,32,33)(H,34,40)(H,35,41)(H,37,38)/t23-,24-,25-,26-/m0/s1. The van der Waals surface area contributed by atoms with Crippen LogP contribution in [0.2, 0.25) is 0 Å². The zero-order chi connectivity index (χ0) is 30.7. The highest BCUT2D eigenvalue weighted by Crippen LogP contribution is 2.32. The molecule has 1 aliphatic carbocycles. The first-order valence-electron chi connectivity index (χ1n) is 14.7. The normalized spacial score (nSPS) is 17.0. The third kappa shape index (κ3) is 10.9. The van der Waals surface area contributed by atoms with Gasteiger partial charge in [-0.25, -0.2) is 9.78 Å². The highest BCUT2D eigenvalue weighted by atomic mass is 16.6. The van der Waals surface area contributed by atoms with Gasteiger partial charge in [-0.05, 0) is 38.7 Å². The highest BCUT2D eigenvalue weighted by Gasteiger charge is 2.37. The lowest BCUT2D eigenvalue weighted by atomic mass is 9.77. The van der Waals surface area contributed by atoms with Crippen LogP contribution in [0.1, 0.15) is 77.0 Å². The van der Waals surface area contributed by atoms with Gasteiger partial charge in [-0.3, -0.25) is 14.4 Å².